The van der Waals surface area contributed by atoms with Crippen molar-refractivity contribution in [2.45, 2.75) is 6.04 Å². The van der Waals surface area contributed by atoms with Crippen LogP contribution in [0.4, 0.5) is 4.39 Å². The van der Waals surface area contributed by atoms with Gasteiger partial charge in [-0.2, -0.15) is 0 Å². The minimum atomic E-state index is -0.751. The molecule has 0 saturated heterocycles. The number of rotatable bonds is 2. The van der Waals surface area contributed by atoms with E-state index < -0.39 is 11.9 Å². The van der Waals surface area contributed by atoms with Crippen LogP contribution in [0.1, 0.15) is 11.6 Å². The smallest absolute Gasteiger partial charge is 0.129 e. The Morgan fingerprint density at radius 1 is 1.54 bits per heavy atom. The molecule has 3 N–H and O–H groups in total. The second kappa shape index (κ2) is 5.40. The van der Waals surface area contributed by atoms with Gasteiger partial charge in [-0.25, -0.2) is 4.39 Å². The summed E-state index contributed by atoms with van der Waals surface area (Å²) in [5.41, 5.74) is 5.59. The zero-order chi connectivity index (χ0) is 9.14. The van der Waals surface area contributed by atoms with Crippen LogP contribution in [-0.2, 0) is 0 Å². The molecule has 13 heavy (non-hydrogen) atoms. The predicted molar refractivity (Wildman–Crippen MR) is 52.7 cm³/mol. The zero-order valence-electron chi connectivity index (χ0n) is 6.71. The number of hydrogen-bond acceptors (Lipinski definition) is 2. The van der Waals surface area contributed by atoms with Gasteiger partial charge in [-0.1, -0.05) is 17.7 Å². The number of nitrogens with two attached hydrogens (primary N) is 1. The first kappa shape index (κ1) is 12.7. The highest BCUT2D eigenvalue weighted by Crippen LogP contribution is 2.23. The monoisotopic (exact) mass is 225 g/mol. The number of benzene rings is 1. The highest BCUT2D eigenvalue weighted by Gasteiger charge is 2.13. The van der Waals surface area contributed by atoms with Crippen molar-refractivity contribution in [2.75, 3.05) is 6.61 Å². The van der Waals surface area contributed by atoms with E-state index >= 15 is 0 Å². The second-order valence-electron chi connectivity index (χ2n) is 2.42. The SMILES string of the molecule is Cl.N[C@@H](CO)c1c(F)cccc1Cl. The van der Waals surface area contributed by atoms with E-state index in [-0.39, 0.29) is 29.6 Å². The maximum absolute atomic E-state index is 13.0. The van der Waals surface area contributed by atoms with E-state index in [0.29, 0.717) is 0 Å². The van der Waals surface area contributed by atoms with Crippen molar-refractivity contribution in [3.8, 4) is 0 Å². The molecular weight excluding hydrogens is 216 g/mol. The topological polar surface area (TPSA) is 46.2 Å². The summed E-state index contributed by atoms with van der Waals surface area (Å²) in [6.07, 6.45) is 0. The molecule has 0 heterocycles. The molecule has 1 aromatic rings. The maximum Gasteiger partial charge on any atom is 0.129 e. The Hall–Kier alpha value is -0.350. The Labute approximate surface area is 86.9 Å². The van der Waals surface area contributed by atoms with Crippen molar-refractivity contribution in [2.24, 2.45) is 5.73 Å². The van der Waals surface area contributed by atoms with E-state index in [4.69, 9.17) is 22.4 Å². The van der Waals surface area contributed by atoms with E-state index in [1.54, 1.807) is 0 Å². The van der Waals surface area contributed by atoms with Crippen molar-refractivity contribution in [3.05, 3.63) is 34.6 Å². The Bertz CT molecular complexity index is 263. The third-order valence-electron chi connectivity index (χ3n) is 1.57. The lowest BCUT2D eigenvalue weighted by Gasteiger charge is -2.10. The average Bonchev–Trinajstić information content (AvgIpc) is 2.03. The Balaban J connectivity index is 0.00000144. The molecule has 0 fully saturated rings. The number of halogens is 3. The number of aliphatic hydroxyl groups excluding tert-OH is 1. The lowest BCUT2D eigenvalue weighted by atomic mass is 10.1. The highest BCUT2D eigenvalue weighted by molar-refractivity contribution is 6.31. The fourth-order valence-electron chi connectivity index (χ4n) is 0.956. The van der Waals surface area contributed by atoms with Crippen LogP contribution < -0.4 is 5.73 Å². The minimum absolute atomic E-state index is 0. The molecule has 0 bridgehead atoms. The normalized spacial score (nSPS) is 12.0. The van der Waals surface area contributed by atoms with Crippen LogP contribution in [0.2, 0.25) is 5.02 Å². The van der Waals surface area contributed by atoms with Gasteiger partial charge in [0.1, 0.15) is 5.82 Å². The molecule has 0 amide bonds. The third kappa shape index (κ3) is 2.81. The summed E-state index contributed by atoms with van der Waals surface area (Å²) in [5, 5.41) is 8.93. The first-order chi connectivity index (χ1) is 5.66. The van der Waals surface area contributed by atoms with Gasteiger partial charge >= 0.3 is 0 Å². The van der Waals surface area contributed by atoms with Crippen molar-refractivity contribution in [1.82, 2.24) is 0 Å². The molecule has 0 radical (unpaired) electrons. The molecule has 1 rings (SSSR count). The quantitative estimate of drug-likeness (QED) is 0.808. The molecule has 1 atom stereocenters. The van der Waals surface area contributed by atoms with Gasteiger partial charge in [-0.15, -0.1) is 12.4 Å². The standard InChI is InChI=1S/C8H9ClFNO.ClH/c9-5-2-1-3-6(10)8(5)7(11)4-12;/h1-3,7,12H,4,11H2;1H/t7-;/m0./s1. The van der Waals surface area contributed by atoms with Gasteiger partial charge in [0.15, 0.2) is 0 Å². The molecule has 5 heteroatoms. The molecule has 0 aromatic heterocycles. The van der Waals surface area contributed by atoms with E-state index in [1.807, 2.05) is 0 Å². The van der Waals surface area contributed by atoms with Crippen LogP contribution in [0.25, 0.3) is 0 Å². The van der Waals surface area contributed by atoms with Crippen LogP contribution in [0, 0.1) is 5.82 Å². The Kier molecular flexibility index (Phi) is 5.25. The lowest BCUT2D eigenvalue weighted by molar-refractivity contribution is 0.265. The van der Waals surface area contributed by atoms with Crippen molar-refractivity contribution in [3.63, 3.8) is 0 Å². The van der Waals surface area contributed by atoms with Gasteiger partial charge in [0.2, 0.25) is 0 Å². The zero-order valence-corrected chi connectivity index (χ0v) is 8.28. The summed E-state index contributed by atoms with van der Waals surface area (Å²) >= 11 is 5.67. The van der Waals surface area contributed by atoms with Crippen LogP contribution in [-0.4, -0.2) is 11.7 Å². The second-order valence-corrected chi connectivity index (χ2v) is 2.83. The summed E-state index contributed by atoms with van der Waals surface area (Å²) in [6, 6.07) is 3.54. The Morgan fingerprint density at radius 2 is 2.15 bits per heavy atom. The van der Waals surface area contributed by atoms with E-state index in [0.717, 1.165) is 0 Å². The molecule has 74 valence electrons. The summed E-state index contributed by atoms with van der Waals surface area (Å²) in [5.74, 6) is -0.482. The van der Waals surface area contributed by atoms with Gasteiger partial charge in [0, 0.05) is 10.6 Å². The molecule has 0 spiro atoms. The van der Waals surface area contributed by atoms with Gasteiger partial charge in [0.05, 0.1) is 12.6 Å². The maximum atomic E-state index is 13.0. The van der Waals surface area contributed by atoms with E-state index in [1.165, 1.54) is 18.2 Å². The molecule has 2 nitrogen and oxygen atoms in total. The largest absolute Gasteiger partial charge is 0.394 e. The molecule has 0 aliphatic carbocycles. The minimum Gasteiger partial charge on any atom is -0.394 e. The third-order valence-corrected chi connectivity index (χ3v) is 1.90. The summed E-state index contributed by atoms with van der Waals surface area (Å²) in [4.78, 5) is 0. The fourth-order valence-corrected chi connectivity index (χ4v) is 1.26. The molecule has 1 aromatic carbocycles. The molecule has 0 unspecified atom stereocenters. The summed E-state index contributed by atoms with van der Waals surface area (Å²) < 4.78 is 13.0. The summed E-state index contributed by atoms with van der Waals surface area (Å²) in [7, 11) is 0. The first-order valence-electron chi connectivity index (χ1n) is 3.47. The van der Waals surface area contributed by atoms with Crippen LogP contribution in [0.3, 0.4) is 0 Å². The average molecular weight is 226 g/mol. The van der Waals surface area contributed by atoms with Gasteiger partial charge in [-0.3, -0.25) is 0 Å². The van der Waals surface area contributed by atoms with Gasteiger partial charge < -0.3 is 10.8 Å². The van der Waals surface area contributed by atoms with Crippen molar-refractivity contribution in [1.29, 1.82) is 0 Å². The molecule has 0 aliphatic heterocycles. The van der Waals surface area contributed by atoms with Crippen LogP contribution in [0.15, 0.2) is 18.2 Å². The highest BCUT2D eigenvalue weighted by atomic mass is 35.5. The number of hydrogen-bond donors (Lipinski definition) is 2. The Morgan fingerprint density at radius 3 is 2.62 bits per heavy atom. The van der Waals surface area contributed by atoms with Gasteiger partial charge in [-0.05, 0) is 12.1 Å². The van der Waals surface area contributed by atoms with Crippen molar-refractivity contribution < 1.29 is 9.50 Å². The summed E-state index contributed by atoms with van der Waals surface area (Å²) in [6.45, 7) is -0.319. The molecule has 0 saturated carbocycles. The molecule has 0 aliphatic rings. The van der Waals surface area contributed by atoms with Crippen LogP contribution in [0.5, 0.6) is 0 Å². The first-order valence-corrected chi connectivity index (χ1v) is 3.85. The van der Waals surface area contributed by atoms with E-state index in [9.17, 15) is 4.39 Å². The van der Waals surface area contributed by atoms with E-state index in [2.05, 4.69) is 0 Å². The van der Waals surface area contributed by atoms with Crippen molar-refractivity contribution >= 4 is 24.0 Å². The van der Waals surface area contributed by atoms with Gasteiger partial charge in [0.25, 0.3) is 0 Å². The predicted octanol–water partition coefficient (Wildman–Crippen LogP) is 1.89. The lowest BCUT2D eigenvalue weighted by Crippen LogP contribution is -2.16. The van der Waals surface area contributed by atoms with Crippen LogP contribution >= 0.6 is 24.0 Å². The molecular formula is C8H10Cl2FNO. The fraction of sp³-hybridized carbons (Fsp3) is 0.250. The number of aliphatic hydroxyl groups is 1.